The third-order valence-electron chi connectivity index (χ3n) is 5.41. The van der Waals surface area contributed by atoms with Gasteiger partial charge < -0.3 is 19.4 Å². The van der Waals surface area contributed by atoms with Crippen LogP contribution in [0.2, 0.25) is 0 Å². The second-order valence-electron chi connectivity index (χ2n) is 7.31. The van der Waals surface area contributed by atoms with Crippen LogP contribution in [0, 0.1) is 0 Å². The molecule has 1 fully saturated rings. The summed E-state index contributed by atoms with van der Waals surface area (Å²) in [6, 6.07) is 12.8. The van der Waals surface area contributed by atoms with Gasteiger partial charge in [0.2, 0.25) is 10.0 Å². The lowest BCUT2D eigenvalue weighted by Crippen LogP contribution is -2.40. The molecule has 2 heterocycles. The zero-order valence-corrected chi connectivity index (χ0v) is 18.5. The number of pyridine rings is 1. The Hall–Kier alpha value is -3.21. The molecule has 0 spiro atoms. The average Bonchev–Trinajstić information content (AvgIpc) is 2.82. The van der Waals surface area contributed by atoms with Crippen LogP contribution in [0.15, 0.2) is 58.2 Å². The van der Waals surface area contributed by atoms with E-state index in [9.17, 15) is 18.0 Å². The molecule has 0 radical (unpaired) electrons. The van der Waals surface area contributed by atoms with Crippen LogP contribution in [-0.4, -0.2) is 56.6 Å². The van der Waals surface area contributed by atoms with Gasteiger partial charge in [-0.3, -0.25) is 9.59 Å². The minimum Gasteiger partial charge on any atom is -0.495 e. The van der Waals surface area contributed by atoms with Crippen molar-refractivity contribution in [2.75, 3.05) is 38.7 Å². The lowest BCUT2D eigenvalue weighted by Gasteiger charge is -2.26. The highest BCUT2D eigenvalue weighted by Crippen LogP contribution is 2.30. The number of aryl methyl sites for hydroxylation is 1. The van der Waals surface area contributed by atoms with Gasteiger partial charge in [0, 0.05) is 37.3 Å². The normalized spacial score (nSPS) is 14.9. The zero-order chi connectivity index (χ0) is 22.9. The average molecular weight is 458 g/mol. The van der Waals surface area contributed by atoms with Crippen LogP contribution in [0.4, 0.5) is 5.69 Å². The largest absolute Gasteiger partial charge is 0.495 e. The van der Waals surface area contributed by atoms with Gasteiger partial charge in [0.05, 0.1) is 31.4 Å². The molecule has 1 saturated heterocycles. The van der Waals surface area contributed by atoms with Crippen LogP contribution >= 0.6 is 0 Å². The van der Waals surface area contributed by atoms with Gasteiger partial charge >= 0.3 is 0 Å². The summed E-state index contributed by atoms with van der Waals surface area (Å²) in [5, 5.41) is 3.33. The number of nitrogens with one attached hydrogen (secondary N) is 1. The minimum atomic E-state index is -3.85. The predicted octanol–water partition coefficient (Wildman–Crippen LogP) is 1.82. The molecule has 9 nitrogen and oxygen atoms in total. The van der Waals surface area contributed by atoms with E-state index in [0.29, 0.717) is 24.1 Å². The number of sulfonamides is 1. The summed E-state index contributed by atoms with van der Waals surface area (Å²) in [4.78, 5) is 25.3. The summed E-state index contributed by atoms with van der Waals surface area (Å²) in [7, 11) is -0.827. The highest BCUT2D eigenvalue weighted by molar-refractivity contribution is 7.89. The number of methoxy groups -OCH3 is 1. The summed E-state index contributed by atoms with van der Waals surface area (Å²) in [6.07, 6.45) is 0. The van der Waals surface area contributed by atoms with Crippen molar-refractivity contribution < 1.29 is 22.7 Å². The van der Waals surface area contributed by atoms with Crippen LogP contribution in [0.25, 0.3) is 10.9 Å². The van der Waals surface area contributed by atoms with Crippen molar-refractivity contribution >= 4 is 32.5 Å². The fraction of sp³-hybridized carbons (Fsp3) is 0.273. The molecular weight excluding hydrogens is 434 g/mol. The van der Waals surface area contributed by atoms with Crippen molar-refractivity contribution in [3.8, 4) is 5.75 Å². The smallest absolute Gasteiger partial charge is 0.256 e. The maximum absolute atomic E-state index is 13.2. The van der Waals surface area contributed by atoms with Crippen LogP contribution in [0.3, 0.4) is 0 Å². The molecule has 3 aromatic rings. The van der Waals surface area contributed by atoms with E-state index in [2.05, 4.69) is 5.32 Å². The maximum atomic E-state index is 13.2. The topological polar surface area (TPSA) is 107 Å². The highest BCUT2D eigenvalue weighted by Gasteiger charge is 2.29. The van der Waals surface area contributed by atoms with E-state index in [0.717, 1.165) is 0 Å². The number of nitrogens with zero attached hydrogens (tertiary/aromatic N) is 2. The Morgan fingerprint density at radius 2 is 1.81 bits per heavy atom. The number of hydrogen-bond acceptors (Lipinski definition) is 6. The Bertz CT molecular complexity index is 1340. The third kappa shape index (κ3) is 3.99. The SMILES string of the molecule is COc1ccc(NC(=O)c2cc(=O)n(C)c3ccccc23)cc1S(=O)(=O)N1CCOCC1. The second-order valence-corrected chi connectivity index (χ2v) is 9.21. The van der Waals surface area contributed by atoms with Gasteiger partial charge in [-0.05, 0) is 24.3 Å². The van der Waals surface area contributed by atoms with Gasteiger partial charge in [-0.25, -0.2) is 8.42 Å². The first-order valence-corrected chi connectivity index (χ1v) is 11.4. The number of amides is 1. The number of hydrogen-bond donors (Lipinski definition) is 1. The molecule has 1 aromatic heterocycles. The summed E-state index contributed by atoms with van der Waals surface area (Å²) < 4.78 is 39.6. The van der Waals surface area contributed by atoms with E-state index in [4.69, 9.17) is 9.47 Å². The van der Waals surface area contributed by atoms with Gasteiger partial charge in [0.1, 0.15) is 10.6 Å². The molecule has 1 N–H and O–H groups in total. The molecule has 1 aliphatic heterocycles. The van der Waals surface area contributed by atoms with E-state index < -0.39 is 15.9 Å². The van der Waals surface area contributed by atoms with E-state index in [1.165, 1.54) is 34.2 Å². The maximum Gasteiger partial charge on any atom is 0.256 e. The number of morpholine rings is 1. The number of anilines is 1. The standard InChI is InChI=1S/C22H23N3O6S/c1-24-18-6-4-3-5-16(18)17(14-21(24)26)22(27)23-15-7-8-19(30-2)20(13-15)32(28,29)25-9-11-31-12-10-25/h3-8,13-14H,9-12H2,1-2H3,(H,23,27). The van der Waals surface area contributed by atoms with Crippen LogP contribution in [-0.2, 0) is 21.8 Å². The Morgan fingerprint density at radius 1 is 1.09 bits per heavy atom. The van der Waals surface area contributed by atoms with E-state index in [-0.39, 0.29) is 40.5 Å². The molecule has 10 heteroatoms. The summed E-state index contributed by atoms with van der Waals surface area (Å²) in [5.74, 6) is -0.340. The molecule has 0 unspecified atom stereocenters. The lowest BCUT2D eigenvalue weighted by molar-refractivity contribution is 0.0729. The monoisotopic (exact) mass is 457 g/mol. The first kappa shape index (κ1) is 22.0. The van der Waals surface area contributed by atoms with E-state index in [1.807, 2.05) is 0 Å². The fourth-order valence-corrected chi connectivity index (χ4v) is 5.27. The number of carbonyl (C=O) groups excluding carboxylic acids is 1. The van der Waals surface area contributed by atoms with Crippen LogP contribution < -0.4 is 15.6 Å². The molecular formula is C22H23N3O6S. The van der Waals surface area contributed by atoms with Crippen molar-refractivity contribution in [3.63, 3.8) is 0 Å². The Morgan fingerprint density at radius 3 is 2.53 bits per heavy atom. The predicted molar refractivity (Wildman–Crippen MR) is 120 cm³/mol. The molecule has 4 rings (SSSR count). The van der Waals surface area contributed by atoms with Crippen LogP contribution in [0.1, 0.15) is 10.4 Å². The van der Waals surface area contributed by atoms with E-state index in [1.54, 1.807) is 37.4 Å². The molecule has 1 amide bonds. The van der Waals surface area contributed by atoms with Gasteiger partial charge in [-0.15, -0.1) is 0 Å². The number of aromatic nitrogens is 1. The van der Waals surface area contributed by atoms with Gasteiger partial charge in [-0.2, -0.15) is 4.31 Å². The first-order chi connectivity index (χ1) is 15.3. The molecule has 0 atom stereocenters. The third-order valence-corrected chi connectivity index (χ3v) is 7.33. The van der Waals surface area contributed by atoms with E-state index >= 15 is 0 Å². The molecule has 168 valence electrons. The zero-order valence-electron chi connectivity index (χ0n) is 17.7. The lowest BCUT2D eigenvalue weighted by atomic mass is 10.1. The Balaban J connectivity index is 1.71. The van der Waals surface area contributed by atoms with Gasteiger partial charge in [-0.1, -0.05) is 18.2 Å². The Labute approximate surface area is 185 Å². The fourth-order valence-electron chi connectivity index (χ4n) is 3.68. The van der Waals surface area contributed by atoms with Crippen molar-refractivity contribution in [1.82, 2.24) is 8.87 Å². The number of carbonyl (C=O) groups is 1. The summed E-state index contributed by atoms with van der Waals surface area (Å²) >= 11 is 0. The summed E-state index contributed by atoms with van der Waals surface area (Å²) in [5.41, 5.74) is 0.777. The van der Waals surface area contributed by atoms with Crippen molar-refractivity contribution in [1.29, 1.82) is 0 Å². The first-order valence-electron chi connectivity index (χ1n) is 9.99. The summed E-state index contributed by atoms with van der Waals surface area (Å²) in [6.45, 7) is 1.10. The highest BCUT2D eigenvalue weighted by atomic mass is 32.2. The molecule has 0 saturated carbocycles. The van der Waals surface area contributed by atoms with Crippen molar-refractivity contribution in [3.05, 3.63) is 64.4 Å². The molecule has 32 heavy (non-hydrogen) atoms. The number of para-hydroxylation sites is 1. The molecule has 2 aromatic carbocycles. The van der Waals surface area contributed by atoms with Crippen molar-refractivity contribution in [2.45, 2.75) is 4.90 Å². The van der Waals surface area contributed by atoms with Crippen LogP contribution in [0.5, 0.6) is 5.75 Å². The molecule has 1 aliphatic rings. The minimum absolute atomic E-state index is 0.0477. The number of benzene rings is 2. The number of ether oxygens (including phenoxy) is 2. The molecule has 0 bridgehead atoms. The quantitative estimate of drug-likeness (QED) is 0.626. The number of fused-ring (bicyclic) bond motifs is 1. The van der Waals surface area contributed by atoms with Gasteiger partial charge in [0.25, 0.3) is 11.5 Å². The second kappa shape index (κ2) is 8.73. The molecule has 0 aliphatic carbocycles. The van der Waals surface area contributed by atoms with Crippen molar-refractivity contribution in [2.24, 2.45) is 7.05 Å². The van der Waals surface area contributed by atoms with Gasteiger partial charge in [0.15, 0.2) is 0 Å². The number of rotatable bonds is 5. The Kier molecular flexibility index (Phi) is 6.00.